The van der Waals surface area contributed by atoms with Gasteiger partial charge in [0.1, 0.15) is 0 Å². The van der Waals surface area contributed by atoms with Crippen LogP contribution in [0.5, 0.6) is 0 Å². The molecule has 0 aliphatic rings. The van der Waals surface area contributed by atoms with E-state index >= 15 is 0 Å². The third kappa shape index (κ3) is 3.93. The second kappa shape index (κ2) is 6.29. The van der Waals surface area contributed by atoms with Gasteiger partial charge in [0.05, 0.1) is 10.0 Å². The van der Waals surface area contributed by atoms with E-state index in [1.807, 2.05) is 18.2 Å². The van der Waals surface area contributed by atoms with Crippen LogP contribution in [0, 0.1) is 0 Å². The highest BCUT2D eigenvalue weighted by atomic mass is 35.5. The SMILES string of the molecule is CC(Nc1ccccc1C(C)(C)C)c1ccc(Cl)c(Cl)c1. The van der Waals surface area contributed by atoms with E-state index in [0.717, 1.165) is 11.3 Å². The molecule has 0 aromatic heterocycles. The fourth-order valence-electron chi connectivity index (χ4n) is 2.36. The second-order valence-corrected chi connectivity index (χ2v) is 7.15. The van der Waals surface area contributed by atoms with Crippen molar-refractivity contribution in [1.29, 1.82) is 0 Å². The van der Waals surface area contributed by atoms with Gasteiger partial charge >= 0.3 is 0 Å². The molecule has 0 aliphatic carbocycles. The first-order valence-electron chi connectivity index (χ1n) is 7.10. The van der Waals surface area contributed by atoms with Crippen molar-refractivity contribution in [1.82, 2.24) is 0 Å². The van der Waals surface area contributed by atoms with E-state index in [0.29, 0.717) is 10.0 Å². The summed E-state index contributed by atoms with van der Waals surface area (Å²) in [6.45, 7) is 8.78. The Balaban J connectivity index is 2.27. The molecule has 3 heteroatoms. The maximum atomic E-state index is 6.11. The topological polar surface area (TPSA) is 12.0 Å². The second-order valence-electron chi connectivity index (χ2n) is 6.34. The molecule has 1 atom stereocenters. The molecule has 0 fully saturated rings. The van der Waals surface area contributed by atoms with E-state index < -0.39 is 0 Å². The van der Waals surface area contributed by atoms with E-state index in [1.165, 1.54) is 5.56 Å². The third-order valence-electron chi connectivity index (χ3n) is 3.55. The van der Waals surface area contributed by atoms with Crippen LogP contribution in [0.3, 0.4) is 0 Å². The van der Waals surface area contributed by atoms with Crippen LogP contribution < -0.4 is 5.32 Å². The van der Waals surface area contributed by atoms with E-state index in [9.17, 15) is 0 Å². The molecule has 0 radical (unpaired) electrons. The van der Waals surface area contributed by atoms with Crippen LogP contribution >= 0.6 is 23.2 Å². The van der Waals surface area contributed by atoms with Gasteiger partial charge in [0.25, 0.3) is 0 Å². The molecule has 0 heterocycles. The highest BCUT2D eigenvalue weighted by Gasteiger charge is 2.18. The maximum absolute atomic E-state index is 6.11. The van der Waals surface area contributed by atoms with Crippen molar-refractivity contribution in [2.24, 2.45) is 0 Å². The zero-order valence-electron chi connectivity index (χ0n) is 12.9. The van der Waals surface area contributed by atoms with Gasteiger partial charge in [0.15, 0.2) is 0 Å². The number of hydrogen-bond donors (Lipinski definition) is 1. The number of rotatable bonds is 3. The fraction of sp³-hybridized carbons (Fsp3) is 0.333. The lowest BCUT2D eigenvalue weighted by atomic mass is 9.85. The first-order valence-corrected chi connectivity index (χ1v) is 7.85. The van der Waals surface area contributed by atoms with Gasteiger partial charge in [-0.1, -0.05) is 68.2 Å². The molecule has 2 rings (SSSR count). The van der Waals surface area contributed by atoms with Crippen LogP contribution in [0.15, 0.2) is 42.5 Å². The Morgan fingerprint density at radius 2 is 1.62 bits per heavy atom. The Hall–Kier alpha value is -1.18. The Morgan fingerprint density at radius 3 is 2.24 bits per heavy atom. The first-order chi connectivity index (χ1) is 9.79. The molecule has 1 unspecified atom stereocenters. The number of benzene rings is 2. The van der Waals surface area contributed by atoms with Crippen molar-refractivity contribution in [2.45, 2.75) is 39.2 Å². The average molecular weight is 322 g/mol. The minimum atomic E-state index is 0.0982. The van der Waals surface area contributed by atoms with Gasteiger partial charge in [-0.05, 0) is 41.7 Å². The monoisotopic (exact) mass is 321 g/mol. The molecular formula is C18H21Cl2N. The van der Waals surface area contributed by atoms with Crippen molar-refractivity contribution in [3.8, 4) is 0 Å². The minimum absolute atomic E-state index is 0.0982. The summed E-state index contributed by atoms with van der Waals surface area (Å²) in [4.78, 5) is 0. The number of para-hydroxylation sites is 1. The first kappa shape index (κ1) is 16.2. The molecule has 0 saturated carbocycles. The van der Waals surface area contributed by atoms with Crippen LogP contribution in [0.25, 0.3) is 0 Å². The van der Waals surface area contributed by atoms with Gasteiger partial charge in [-0.25, -0.2) is 0 Å². The maximum Gasteiger partial charge on any atom is 0.0595 e. The highest BCUT2D eigenvalue weighted by Crippen LogP contribution is 2.32. The van der Waals surface area contributed by atoms with Crippen molar-refractivity contribution in [3.05, 3.63) is 63.6 Å². The van der Waals surface area contributed by atoms with Gasteiger partial charge in [-0.15, -0.1) is 0 Å². The lowest BCUT2D eigenvalue weighted by Crippen LogP contribution is -2.16. The van der Waals surface area contributed by atoms with Crippen molar-refractivity contribution >= 4 is 28.9 Å². The Bertz CT molecular complexity index is 629. The summed E-state index contributed by atoms with van der Waals surface area (Å²) in [5.74, 6) is 0. The molecule has 0 spiro atoms. The van der Waals surface area contributed by atoms with E-state index in [2.05, 4.69) is 57.3 Å². The summed E-state index contributed by atoms with van der Waals surface area (Å²) in [6.07, 6.45) is 0. The summed E-state index contributed by atoms with van der Waals surface area (Å²) < 4.78 is 0. The van der Waals surface area contributed by atoms with Crippen molar-refractivity contribution < 1.29 is 0 Å². The molecule has 112 valence electrons. The van der Waals surface area contributed by atoms with Gasteiger partial charge in [-0.2, -0.15) is 0 Å². The lowest BCUT2D eigenvalue weighted by molar-refractivity contribution is 0.590. The Labute approximate surface area is 137 Å². The lowest BCUT2D eigenvalue weighted by Gasteiger charge is -2.26. The molecule has 2 aromatic carbocycles. The number of hydrogen-bond acceptors (Lipinski definition) is 1. The van der Waals surface area contributed by atoms with Crippen LogP contribution in [0.2, 0.25) is 10.0 Å². The molecule has 0 aliphatic heterocycles. The third-order valence-corrected chi connectivity index (χ3v) is 4.29. The largest absolute Gasteiger partial charge is 0.378 e. The summed E-state index contributed by atoms with van der Waals surface area (Å²) >= 11 is 12.1. The van der Waals surface area contributed by atoms with Gasteiger partial charge in [0.2, 0.25) is 0 Å². The predicted octanol–water partition coefficient (Wildman–Crippen LogP) is 6.46. The standard InChI is InChI=1S/C18H21Cl2N/c1-12(13-9-10-15(19)16(20)11-13)21-17-8-6-5-7-14(17)18(2,3)4/h5-12,21H,1-4H3. The summed E-state index contributed by atoms with van der Waals surface area (Å²) in [7, 11) is 0. The zero-order valence-corrected chi connectivity index (χ0v) is 14.4. The molecule has 0 bridgehead atoms. The van der Waals surface area contributed by atoms with E-state index in [4.69, 9.17) is 23.2 Å². The van der Waals surface area contributed by atoms with Crippen LogP contribution in [0.4, 0.5) is 5.69 Å². The molecule has 1 nitrogen and oxygen atoms in total. The van der Waals surface area contributed by atoms with Crippen molar-refractivity contribution in [3.63, 3.8) is 0 Å². The van der Waals surface area contributed by atoms with Gasteiger partial charge in [-0.3, -0.25) is 0 Å². The quantitative estimate of drug-likeness (QED) is 0.683. The minimum Gasteiger partial charge on any atom is -0.378 e. The summed E-state index contributed by atoms with van der Waals surface area (Å²) in [6, 6.07) is 14.3. The fourth-order valence-corrected chi connectivity index (χ4v) is 2.67. The van der Waals surface area contributed by atoms with Crippen molar-refractivity contribution in [2.75, 3.05) is 5.32 Å². The summed E-state index contributed by atoms with van der Waals surface area (Å²) in [5, 5.41) is 4.75. The number of anilines is 1. The molecule has 1 N–H and O–H groups in total. The van der Waals surface area contributed by atoms with E-state index in [-0.39, 0.29) is 11.5 Å². The molecule has 21 heavy (non-hydrogen) atoms. The smallest absolute Gasteiger partial charge is 0.0595 e. The van der Waals surface area contributed by atoms with Crippen LogP contribution in [-0.2, 0) is 5.41 Å². The normalized spacial score (nSPS) is 13.0. The molecular weight excluding hydrogens is 301 g/mol. The van der Waals surface area contributed by atoms with Gasteiger partial charge in [0, 0.05) is 11.7 Å². The van der Waals surface area contributed by atoms with Crippen LogP contribution in [-0.4, -0.2) is 0 Å². The molecule has 0 amide bonds. The highest BCUT2D eigenvalue weighted by molar-refractivity contribution is 6.42. The molecule has 0 saturated heterocycles. The number of nitrogens with one attached hydrogen (secondary N) is 1. The Morgan fingerprint density at radius 1 is 0.952 bits per heavy atom. The predicted molar refractivity (Wildman–Crippen MR) is 93.6 cm³/mol. The Kier molecular flexibility index (Phi) is 4.85. The number of halogens is 2. The van der Waals surface area contributed by atoms with Crippen LogP contribution in [0.1, 0.15) is 44.9 Å². The zero-order chi connectivity index (χ0) is 15.6. The summed E-state index contributed by atoms with van der Waals surface area (Å²) in [5.41, 5.74) is 3.68. The molecule has 2 aromatic rings. The van der Waals surface area contributed by atoms with Gasteiger partial charge < -0.3 is 5.32 Å². The van der Waals surface area contributed by atoms with E-state index in [1.54, 1.807) is 0 Å². The average Bonchev–Trinajstić information content (AvgIpc) is 2.41.